The average molecular weight is 428 g/mol. The summed E-state index contributed by atoms with van der Waals surface area (Å²) in [7, 11) is 0. The highest BCUT2D eigenvalue weighted by Crippen LogP contribution is 2.35. The summed E-state index contributed by atoms with van der Waals surface area (Å²) in [6.07, 6.45) is -2.94. The lowest BCUT2D eigenvalue weighted by atomic mass is 10.1. The maximum Gasteiger partial charge on any atom is 0.471 e. The van der Waals surface area contributed by atoms with Crippen molar-refractivity contribution < 1.29 is 31.6 Å². The molecule has 29 heavy (non-hydrogen) atoms. The number of ether oxygens (including phenoxy) is 1. The first-order chi connectivity index (χ1) is 13.8. The van der Waals surface area contributed by atoms with Crippen LogP contribution in [0.4, 0.5) is 17.6 Å². The van der Waals surface area contributed by atoms with E-state index in [0.29, 0.717) is 17.8 Å². The molecule has 0 unspecified atom stereocenters. The van der Waals surface area contributed by atoms with E-state index in [9.17, 15) is 22.4 Å². The second-order valence-corrected chi connectivity index (χ2v) is 7.28. The van der Waals surface area contributed by atoms with Crippen LogP contribution in [0, 0.1) is 5.95 Å². The minimum absolute atomic E-state index is 0.141. The summed E-state index contributed by atoms with van der Waals surface area (Å²) in [5, 5.41) is 3.39. The maximum atomic E-state index is 13.1. The molecular weight excluding hydrogens is 416 g/mol. The van der Waals surface area contributed by atoms with Gasteiger partial charge in [-0.3, -0.25) is 4.79 Å². The number of pyridine rings is 1. The standard InChI is InChI=1S/C17H12F4N4O3S/c18-13-6-10(1-3-22-13)27-8-14(26)25-4-2-9-5-11(29-12(9)7-25)15-23-16(28-24-15)17(19,20)21/h1,3,5-6H,2,4,7-8H2. The largest absolute Gasteiger partial charge is 0.484 e. The Hall–Kier alpha value is -3.02. The maximum absolute atomic E-state index is 13.1. The summed E-state index contributed by atoms with van der Waals surface area (Å²) in [6, 6.07) is 4.23. The highest BCUT2D eigenvalue weighted by molar-refractivity contribution is 7.15. The predicted octanol–water partition coefficient (Wildman–Crippen LogP) is 3.31. The van der Waals surface area contributed by atoms with E-state index in [2.05, 4.69) is 19.6 Å². The molecule has 1 aliphatic rings. The number of nitrogens with zero attached hydrogens (tertiary/aromatic N) is 4. The van der Waals surface area contributed by atoms with Crippen LogP contribution in [0.15, 0.2) is 28.9 Å². The lowest BCUT2D eigenvalue weighted by molar-refractivity contribution is -0.159. The molecule has 0 aromatic carbocycles. The summed E-state index contributed by atoms with van der Waals surface area (Å²) in [5.41, 5.74) is 0.921. The SMILES string of the molecule is O=C(COc1ccnc(F)c1)N1CCc2cc(-c3noc(C(F)(F)F)n3)sc2C1. The van der Waals surface area contributed by atoms with Crippen molar-refractivity contribution >= 4 is 17.2 Å². The van der Waals surface area contributed by atoms with Crippen molar-refractivity contribution in [2.75, 3.05) is 13.2 Å². The molecule has 1 aliphatic heterocycles. The third-order valence-electron chi connectivity index (χ3n) is 4.18. The quantitative estimate of drug-likeness (QED) is 0.469. The van der Waals surface area contributed by atoms with Crippen LogP contribution in [0.3, 0.4) is 0 Å². The van der Waals surface area contributed by atoms with Crippen LogP contribution < -0.4 is 4.74 Å². The van der Waals surface area contributed by atoms with Crippen molar-refractivity contribution in [3.63, 3.8) is 0 Å². The summed E-state index contributed by atoms with van der Waals surface area (Å²) < 4.78 is 60.5. The zero-order valence-corrected chi connectivity index (χ0v) is 15.4. The van der Waals surface area contributed by atoms with E-state index in [4.69, 9.17) is 4.74 Å². The molecule has 0 bridgehead atoms. The predicted molar refractivity (Wildman–Crippen MR) is 91.4 cm³/mol. The zero-order chi connectivity index (χ0) is 20.6. The molecule has 152 valence electrons. The molecule has 0 radical (unpaired) electrons. The Morgan fingerprint density at radius 1 is 1.34 bits per heavy atom. The van der Waals surface area contributed by atoms with E-state index in [1.807, 2.05) is 0 Å². The molecule has 0 aliphatic carbocycles. The Morgan fingerprint density at radius 3 is 2.90 bits per heavy atom. The number of aromatic nitrogens is 3. The van der Waals surface area contributed by atoms with Gasteiger partial charge in [0.05, 0.1) is 11.4 Å². The smallest absolute Gasteiger partial charge is 0.471 e. The van der Waals surface area contributed by atoms with Crippen LogP contribution in [0.2, 0.25) is 0 Å². The molecule has 3 aromatic heterocycles. The van der Waals surface area contributed by atoms with Crippen LogP contribution in [-0.4, -0.2) is 39.1 Å². The number of hydrogen-bond donors (Lipinski definition) is 0. The number of halogens is 4. The summed E-state index contributed by atoms with van der Waals surface area (Å²) in [5.74, 6) is -2.35. The van der Waals surface area contributed by atoms with E-state index in [0.717, 1.165) is 16.5 Å². The van der Waals surface area contributed by atoms with Crippen LogP contribution in [-0.2, 0) is 23.9 Å². The fraction of sp³-hybridized carbons (Fsp3) is 0.294. The van der Waals surface area contributed by atoms with Crippen LogP contribution in [0.1, 0.15) is 16.3 Å². The van der Waals surface area contributed by atoms with Gasteiger partial charge in [0, 0.05) is 23.7 Å². The van der Waals surface area contributed by atoms with E-state index < -0.39 is 18.0 Å². The molecule has 0 spiro atoms. The van der Waals surface area contributed by atoms with Gasteiger partial charge in [0.25, 0.3) is 5.91 Å². The Morgan fingerprint density at radius 2 is 2.17 bits per heavy atom. The van der Waals surface area contributed by atoms with Crippen molar-refractivity contribution in [1.82, 2.24) is 20.0 Å². The topological polar surface area (TPSA) is 81.4 Å². The highest BCUT2D eigenvalue weighted by Gasteiger charge is 2.38. The molecule has 1 amide bonds. The number of rotatable bonds is 4. The molecule has 4 rings (SSSR count). The second kappa shape index (κ2) is 7.43. The minimum Gasteiger partial charge on any atom is -0.484 e. The Kier molecular flexibility index (Phi) is 4.94. The fourth-order valence-electron chi connectivity index (χ4n) is 2.79. The first-order valence-corrected chi connectivity index (χ1v) is 9.16. The molecule has 3 aromatic rings. The van der Waals surface area contributed by atoms with Crippen molar-refractivity contribution in [2.24, 2.45) is 0 Å². The third kappa shape index (κ3) is 4.21. The number of alkyl halides is 3. The van der Waals surface area contributed by atoms with Crippen LogP contribution >= 0.6 is 11.3 Å². The van der Waals surface area contributed by atoms with E-state index >= 15 is 0 Å². The van der Waals surface area contributed by atoms with Gasteiger partial charge in [-0.05, 0) is 24.1 Å². The number of carbonyl (C=O) groups excluding carboxylic acids is 1. The van der Waals surface area contributed by atoms with Crippen LogP contribution in [0.5, 0.6) is 5.75 Å². The van der Waals surface area contributed by atoms with E-state index in [1.165, 1.54) is 23.6 Å². The van der Waals surface area contributed by atoms with Crippen LogP contribution in [0.25, 0.3) is 10.7 Å². The monoisotopic (exact) mass is 428 g/mol. The molecule has 0 N–H and O–H groups in total. The molecule has 12 heteroatoms. The van der Waals surface area contributed by atoms with E-state index in [1.54, 1.807) is 11.0 Å². The average Bonchev–Trinajstić information content (AvgIpc) is 3.32. The molecule has 0 fully saturated rings. The number of hydrogen-bond acceptors (Lipinski definition) is 7. The van der Waals surface area contributed by atoms with Gasteiger partial charge in [0.2, 0.25) is 11.8 Å². The van der Waals surface area contributed by atoms with Gasteiger partial charge >= 0.3 is 12.1 Å². The molecule has 0 saturated heterocycles. The molecule has 0 atom stereocenters. The van der Waals surface area contributed by atoms with Gasteiger partial charge in [-0.15, -0.1) is 11.3 Å². The number of thiophene rings is 1. The minimum atomic E-state index is -4.71. The first kappa shape index (κ1) is 19.3. The normalized spacial score (nSPS) is 14.0. The van der Waals surface area contributed by atoms with Gasteiger partial charge in [-0.25, -0.2) is 4.98 Å². The Balaban J connectivity index is 1.42. The molecule has 7 nitrogen and oxygen atoms in total. The molecule has 0 saturated carbocycles. The molecule has 4 heterocycles. The van der Waals surface area contributed by atoms with Gasteiger partial charge in [-0.2, -0.15) is 22.5 Å². The van der Waals surface area contributed by atoms with Crippen molar-refractivity contribution in [3.8, 4) is 16.5 Å². The van der Waals surface area contributed by atoms with Crippen molar-refractivity contribution in [3.05, 3.63) is 46.7 Å². The van der Waals surface area contributed by atoms with Gasteiger partial charge < -0.3 is 14.2 Å². The lowest BCUT2D eigenvalue weighted by Gasteiger charge is -2.26. The van der Waals surface area contributed by atoms with Crippen molar-refractivity contribution in [1.29, 1.82) is 0 Å². The highest BCUT2D eigenvalue weighted by atomic mass is 32.1. The number of fused-ring (bicyclic) bond motifs is 1. The number of carbonyl (C=O) groups is 1. The lowest BCUT2D eigenvalue weighted by Crippen LogP contribution is -2.38. The van der Waals surface area contributed by atoms with Gasteiger partial charge in [0.15, 0.2) is 6.61 Å². The Labute approximate surface area is 164 Å². The first-order valence-electron chi connectivity index (χ1n) is 8.34. The summed E-state index contributed by atoms with van der Waals surface area (Å²) in [4.78, 5) is 22.0. The second-order valence-electron chi connectivity index (χ2n) is 6.15. The van der Waals surface area contributed by atoms with Gasteiger partial charge in [0.1, 0.15) is 5.75 Å². The van der Waals surface area contributed by atoms with Gasteiger partial charge in [-0.1, -0.05) is 5.16 Å². The number of amides is 1. The summed E-state index contributed by atoms with van der Waals surface area (Å²) >= 11 is 1.21. The fourth-order valence-corrected chi connectivity index (χ4v) is 3.95. The van der Waals surface area contributed by atoms with E-state index in [-0.39, 0.29) is 30.6 Å². The Bertz CT molecular complexity index is 1050. The zero-order valence-electron chi connectivity index (χ0n) is 14.6. The third-order valence-corrected chi connectivity index (χ3v) is 5.34. The summed E-state index contributed by atoms with van der Waals surface area (Å²) in [6.45, 7) is 0.448. The molecular formula is C17H12F4N4O3S. The van der Waals surface area contributed by atoms with Crippen molar-refractivity contribution in [2.45, 2.75) is 19.1 Å².